The van der Waals surface area contributed by atoms with Crippen molar-refractivity contribution in [2.75, 3.05) is 0 Å². The Labute approximate surface area is 101 Å². The molecule has 0 spiro atoms. The minimum Gasteiger partial charge on any atom is -0.443 e. The molecule has 0 atom stereocenters. The monoisotopic (exact) mass is 230 g/mol. The molecule has 0 amide bonds. The van der Waals surface area contributed by atoms with Gasteiger partial charge in [0.15, 0.2) is 7.85 Å². The summed E-state index contributed by atoms with van der Waals surface area (Å²) in [6, 6.07) is 5.54. The molecule has 0 radical (unpaired) electrons. The number of rotatable bonds is 0. The first-order chi connectivity index (χ1) is 7.88. The molecule has 0 bridgehead atoms. The highest BCUT2D eigenvalue weighted by molar-refractivity contribution is 6.33. The molecule has 0 aliphatic carbocycles. The third-order valence-corrected chi connectivity index (χ3v) is 2.33. The number of aromatic nitrogens is 2. The summed E-state index contributed by atoms with van der Waals surface area (Å²) in [5.41, 5.74) is 1.91. The van der Waals surface area contributed by atoms with Gasteiger partial charge in [0.1, 0.15) is 5.60 Å². The lowest BCUT2D eigenvalue weighted by Gasteiger charge is -2.20. The lowest BCUT2D eigenvalue weighted by atomic mass is 10.1. The van der Waals surface area contributed by atoms with Crippen LogP contribution in [0.4, 0.5) is 4.79 Å². The lowest BCUT2D eigenvalue weighted by molar-refractivity contribution is 0.0549. The summed E-state index contributed by atoms with van der Waals surface area (Å²) in [5.74, 6) is 0. The Bertz CT molecular complexity index is 569. The van der Waals surface area contributed by atoms with E-state index in [4.69, 9.17) is 4.74 Å². The number of nitrogens with zero attached hydrogens (tertiary/aromatic N) is 2. The molecule has 2 aromatic rings. The zero-order valence-electron chi connectivity index (χ0n) is 10.5. The summed E-state index contributed by atoms with van der Waals surface area (Å²) >= 11 is 0. The van der Waals surface area contributed by atoms with Gasteiger partial charge in [-0.2, -0.15) is 0 Å². The molecule has 0 unspecified atom stereocenters. The summed E-state index contributed by atoms with van der Waals surface area (Å²) < 4.78 is 6.92. The van der Waals surface area contributed by atoms with Crippen LogP contribution in [0.5, 0.6) is 0 Å². The predicted octanol–water partition coefficient (Wildman–Crippen LogP) is 1.08. The van der Waals surface area contributed by atoms with Gasteiger partial charge >= 0.3 is 6.09 Å². The maximum atomic E-state index is 12.1. The van der Waals surface area contributed by atoms with Crippen molar-refractivity contribution in [1.29, 1.82) is 0 Å². The molecule has 17 heavy (non-hydrogen) atoms. The smallest absolute Gasteiger partial charge is 0.418 e. The number of ether oxygens (including phenoxy) is 1. The molecule has 5 heteroatoms. The predicted molar refractivity (Wildman–Crippen MR) is 69.5 cm³/mol. The van der Waals surface area contributed by atoms with Crippen LogP contribution >= 0.6 is 0 Å². The Hall–Kier alpha value is -1.78. The van der Waals surface area contributed by atoms with Crippen molar-refractivity contribution in [3.05, 3.63) is 24.4 Å². The van der Waals surface area contributed by atoms with Crippen molar-refractivity contribution in [2.24, 2.45) is 0 Å². The van der Waals surface area contributed by atoms with Crippen LogP contribution in [-0.2, 0) is 4.74 Å². The number of pyridine rings is 1. The number of hydrogen-bond acceptors (Lipinski definition) is 3. The van der Waals surface area contributed by atoms with E-state index in [0.717, 1.165) is 16.6 Å². The van der Waals surface area contributed by atoms with Crippen LogP contribution in [0.1, 0.15) is 20.8 Å². The second-order valence-corrected chi connectivity index (χ2v) is 5.01. The Kier molecular flexibility index (Phi) is 2.69. The minimum atomic E-state index is -0.498. The van der Waals surface area contributed by atoms with E-state index < -0.39 is 5.60 Å². The van der Waals surface area contributed by atoms with Crippen LogP contribution in [-0.4, -0.2) is 29.1 Å². The van der Waals surface area contributed by atoms with E-state index in [9.17, 15) is 4.79 Å². The normalized spacial score (nSPS) is 11.7. The third kappa shape index (κ3) is 2.33. The maximum Gasteiger partial charge on any atom is 0.418 e. The van der Waals surface area contributed by atoms with E-state index in [1.807, 2.05) is 46.8 Å². The van der Waals surface area contributed by atoms with Crippen LogP contribution in [0.2, 0.25) is 0 Å². The van der Waals surface area contributed by atoms with E-state index in [2.05, 4.69) is 4.98 Å². The average molecular weight is 230 g/mol. The van der Waals surface area contributed by atoms with E-state index in [1.54, 1.807) is 10.8 Å². The number of carbonyl (C=O) groups excluding carboxylic acids is 1. The van der Waals surface area contributed by atoms with Gasteiger partial charge in [-0.1, -0.05) is 0 Å². The lowest BCUT2D eigenvalue weighted by Crippen LogP contribution is -2.32. The molecular formula is C12H15BN2O2. The first kappa shape index (κ1) is 11.7. The largest absolute Gasteiger partial charge is 0.443 e. The molecule has 0 saturated heterocycles. The Balaban J connectivity index is 2.48. The van der Waals surface area contributed by atoms with E-state index >= 15 is 0 Å². The fourth-order valence-corrected chi connectivity index (χ4v) is 1.71. The molecule has 0 saturated carbocycles. The topological polar surface area (TPSA) is 44.1 Å². The highest BCUT2D eigenvalue weighted by Gasteiger charge is 2.20. The summed E-state index contributed by atoms with van der Waals surface area (Å²) in [4.78, 5) is 16.3. The van der Waals surface area contributed by atoms with Gasteiger partial charge in [-0.05, 0) is 44.6 Å². The molecule has 2 rings (SSSR count). The first-order valence-electron chi connectivity index (χ1n) is 5.55. The van der Waals surface area contributed by atoms with Gasteiger partial charge < -0.3 is 4.74 Å². The fourth-order valence-electron chi connectivity index (χ4n) is 1.71. The quantitative estimate of drug-likeness (QED) is 0.636. The zero-order valence-corrected chi connectivity index (χ0v) is 10.5. The number of carbonyl (C=O) groups is 1. The summed E-state index contributed by atoms with van der Waals surface area (Å²) in [6.45, 7) is 5.55. The number of hydrogen-bond donors (Lipinski definition) is 0. The number of fused-ring (bicyclic) bond motifs is 1. The molecule has 0 aliphatic rings. The van der Waals surface area contributed by atoms with Crippen molar-refractivity contribution in [1.82, 2.24) is 9.55 Å². The van der Waals surface area contributed by atoms with Gasteiger partial charge in [-0.3, -0.25) is 9.55 Å². The van der Waals surface area contributed by atoms with Crippen LogP contribution in [0.15, 0.2) is 24.4 Å². The highest BCUT2D eigenvalue weighted by Crippen LogP contribution is 2.14. The first-order valence-corrected chi connectivity index (χ1v) is 5.55. The molecule has 0 aromatic carbocycles. The second kappa shape index (κ2) is 3.91. The van der Waals surface area contributed by atoms with Crippen molar-refractivity contribution >= 4 is 30.6 Å². The van der Waals surface area contributed by atoms with Gasteiger partial charge in [-0.15, -0.1) is 0 Å². The SMILES string of the molecule is Bc1cc2ncccc2n1C(=O)OC(C)(C)C. The Morgan fingerprint density at radius 1 is 1.47 bits per heavy atom. The van der Waals surface area contributed by atoms with E-state index in [0.29, 0.717) is 0 Å². The van der Waals surface area contributed by atoms with Gasteiger partial charge in [0.25, 0.3) is 0 Å². The zero-order chi connectivity index (χ0) is 12.6. The minimum absolute atomic E-state index is 0.363. The van der Waals surface area contributed by atoms with Crippen molar-refractivity contribution in [2.45, 2.75) is 26.4 Å². The van der Waals surface area contributed by atoms with Crippen molar-refractivity contribution in [3.63, 3.8) is 0 Å². The van der Waals surface area contributed by atoms with Crippen LogP contribution < -0.4 is 5.59 Å². The van der Waals surface area contributed by atoms with Gasteiger partial charge in [0.05, 0.1) is 11.0 Å². The van der Waals surface area contributed by atoms with E-state index in [1.165, 1.54) is 0 Å². The molecule has 0 fully saturated rings. The van der Waals surface area contributed by atoms with Gasteiger partial charge in [-0.25, -0.2) is 4.79 Å². The molecule has 88 valence electrons. The molecule has 4 nitrogen and oxygen atoms in total. The summed E-state index contributed by atoms with van der Waals surface area (Å²) in [6.07, 6.45) is 1.35. The molecule has 0 aliphatic heterocycles. The van der Waals surface area contributed by atoms with Gasteiger partial charge in [0.2, 0.25) is 0 Å². The Morgan fingerprint density at radius 3 is 2.82 bits per heavy atom. The third-order valence-electron chi connectivity index (χ3n) is 2.33. The summed E-state index contributed by atoms with van der Waals surface area (Å²) in [5, 5.41) is 0. The van der Waals surface area contributed by atoms with Crippen LogP contribution in [0.3, 0.4) is 0 Å². The van der Waals surface area contributed by atoms with Gasteiger partial charge in [0, 0.05) is 6.20 Å². The second-order valence-electron chi connectivity index (χ2n) is 5.01. The average Bonchev–Trinajstić information content (AvgIpc) is 2.50. The van der Waals surface area contributed by atoms with E-state index in [-0.39, 0.29) is 6.09 Å². The molecular weight excluding hydrogens is 215 g/mol. The summed E-state index contributed by atoms with van der Waals surface area (Å²) in [7, 11) is 1.87. The highest BCUT2D eigenvalue weighted by atomic mass is 16.6. The Morgan fingerprint density at radius 2 is 2.18 bits per heavy atom. The van der Waals surface area contributed by atoms with Crippen molar-refractivity contribution < 1.29 is 9.53 Å². The maximum absolute atomic E-state index is 12.1. The van der Waals surface area contributed by atoms with Crippen molar-refractivity contribution in [3.8, 4) is 0 Å². The molecule has 0 N–H and O–H groups in total. The fraction of sp³-hybridized carbons (Fsp3) is 0.333. The van der Waals surface area contributed by atoms with Crippen LogP contribution in [0, 0.1) is 0 Å². The standard InChI is InChI=1S/C12H15BN2O2/c1-12(2,3)17-11(16)15-9-5-4-6-14-8(9)7-10(15)13/h4-7H,13H2,1-3H3. The molecule has 2 heterocycles. The van der Waals surface area contributed by atoms with Crippen LogP contribution in [0.25, 0.3) is 11.0 Å². The molecule has 2 aromatic heterocycles.